The Morgan fingerprint density at radius 3 is 2.69 bits per heavy atom. The van der Waals surface area contributed by atoms with Crippen molar-refractivity contribution in [1.82, 2.24) is 10.3 Å². The van der Waals surface area contributed by atoms with Crippen LogP contribution in [0, 0.1) is 0 Å². The Morgan fingerprint density at radius 2 is 2.08 bits per heavy atom. The summed E-state index contributed by atoms with van der Waals surface area (Å²) in [5.74, 6) is 0.319. The number of hydrogen-bond donors (Lipinski definition) is 2. The third kappa shape index (κ3) is 3.71. The monoisotopic (exact) mass is 357 g/mol. The van der Waals surface area contributed by atoms with Gasteiger partial charge in [-0.3, -0.25) is 9.59 Å². The molecule has 7 heteroatoms. The van der Waals surface area contributed by atoms with Gasteiger partial charge in [-0.25, -0.2) is 4.98 Å². The number of fused-ring (bicyclic) bond motifs is 1. The van der Waals surface area contributed by atoms with Crippen LogP contribution in [0.3, 0.4) is 0 Å². The largest absolute Gasteiger partial charge is 0.490 e. The first-order valence-electron chi connectivity index (χ1n) is 8.70. The molecule has 0 aliphatic carbocycles. The van der Waals surface area contributed by atoms with Crippen molar-refractivity contribution in [2.75, 3.05) is 0 Å². The molecule has 1 aromatic carbocycles. The van der Waals surface area contributed by atoms with E-state index in [2.05, 4.69) is 10.3 Å². The number of pyridine rings is 1. The fourth-order valence-corrected chi connectivity index (χ4v) is 3.06. The zero-order chi connectivity index (χ0) is 18.8. The summed E-state index contributed by atoms with van der Waals surface area (Å²) in [6.07, 6.45) is 2.52. The molecule has 3 rings (SSSR count). The molecule has 1 saturated heterocycles. The molecule has 0 saturated carbocycles. The number of carbonyl (C=O) groups is 2. The zero-order valence-electron chi connectivity index (χ0n) is 15.1. The van der Waals surface area contributed by atoms with E-state index in [9.17, 15) is 9.59 Å². The lowest BCUT2D eigenvalue weighted by Gasteiger charge is -2.21. The maximum Gasteiger partial charge on any atom is 0.252 e. The number of ether oxygens (including phenoxy) is 2. The molecule has 3 N–H and O–H groups in total. The SMILES string of the molecule is CC(C)Oc1cc2c(OC(C)[C@@H]3CCC(=O)N3)nccc2cc1C(N)=O. The van der Waals surface area contributed by atoms with Crippen LogP contribution in [0.1, 0.15) is 44.0 Å². The third-order valence-corrected chi connectivity index (χ3v) is 4.35. The van der Waals surface area contributed by atoms with E-state index < -0.39 is 5.91 Å². The van der Waals surface area contributed by atoms with Crippen LogP contribution in [0.25, 0.3) is 10.8 Å². The normalized spacial score (nSPS) is 18.0. The van der Waals surface area contributed by atoms with Crippen molar-refractivity contribution in [2.24, 2.45) is 5.73 Å². The maximum absolute atomic E-state index is 11.8. The molecule has 1 aliphatic heterocycles. The lowest BCUT2D eigenvalue weighted by Crippen LogP contribution is -2.38. The first-order valence-corrected chi connectivity index (χ1v) is 8.70. The van der Waals surface area contributed by atoms with Crippen molar-refractivity contribution < 1.29 is 19.1 Å². The number of carbonyl (C=O) groups excluding carboxylic acids is 2. The highest BCUT2D eigenvalue weighted by Gasteiger charge is 2.28. The zero-order valence-corrected chi connectivity index (χ0v) is 15.1. The van der Waals surface area contributed by atoms with Gasteiger partial charge in [0.05, 0.1) is 17.7 Å². The molecule has 138 valence electrons. The topological polar surface area (TPSA) is 104 Å². The van der Waals surface area contributed by atoms with Crippen LogP contribution in [0.5, 0.6) is 11.6 Å². The first-order chi connectivity index (χ1) is 12.3. The molecule has 2 heterocycles. The fraction of sp³-hybridized carbons (Fsp3) is 0.421. The summed E-state index contributed by atoms with van der Waals surface area (Å²) in [5.41, 5.74) is 5.81. The summed E-state index contributed by atoms with van der Waals surface area (Å²) in [7, 11) is 0. The number of nitrogens with zero attached hydrogens (tertiary/aromatic N) is 1. The van der Waals surface area contributed by atoms with E-state index in [1.807, 2.05) is 20.8 Å². The summed E-state index contributed by atoms with van der Waals surface area (Å²) >= 11 is 0. The second-order valence-corrected chi connectivity index (χ2v) is 6.75. The van der Waals surface area contributed by atoms with Crippen LogP contribution < -0.4 is 20.5 Å². The molecule has 2 atom stereocenters. The summed E-state index contributed by atoms with van der Waals surface area (Å²) in [6, 6.07) is 5.16. The Morgan fingerprint density at radius 1 is 1.31 bits per heavy atom. The molecule has 1 aliphatic rings. The molecule has 0 bridgehead atoms. The number of nitrogens with one attached hydrogen (secondary N) is 1. The lowest BCUT2D eigenvalue weighted by molar-refractivity contribution is -0.119. The van der Waals surface area contributed by atoms with Gasteiger partial charge in [0, 0.05) is 18.0 Å². The summed E-state index contributed by atoms with van der Waals surface area (Å²) in [4.78, 5) is 27.5. The highest BCUT2D eigenvalue weighted by Crippen LogP contribution is 2.32. The number of amides is 2. The van der Waals surface area contributed by atoms with Crippen LogP contribution in [0.2, 0.25) is 0 Å². The number of hydrogen-bond acceptors (Lipinski definition) is 5. The average molecular weight is 357 g/mol. The van der Waals surface area contributed by atoms with Crippen molar-refractivity contribution in [3.05, 3.63) is 30.0 Å². The van der Waals surface area contributed by atoms with E-state index in [1.165, 1.54) is 0 Å². The first kappa shape index (κ1) is 18.0. The van der Waals surface area contributed by atoms with Crippen molar-refractivity contribution in [3.8, 4) is 11.6 Å². The molecule has 2 aromatic rings. The highest BCUT2D eigenvalue weighted by molar-refractivity contribution is 6.01. The summed E-state index contributed by atoms with van der Waals surface area (Å²) < 4.78 is 11.8. The quantitative estimate of drug-likeness (QED) is 0.824. The van der Waals surface area contributed by atoms with Gasteiger partial charge in [0.2, 0.25) is 11.8 Å². The van der Waals surface area contributed by atoms with E-state index in [0.29, 0.717) is 23.6 Å². The van der Waals surface area contributed by atoms with Crippen LogP contribution in [-0.4, -0.2) is 35.0 Å². The number of rotatable bonds is 6. The second kappa shape index (κ2) is 7.19. The minimum absolute atomic E-state index is 0.0371. The molecule has 2 amide bonds. The van der Waals surface area contributed by atoms with Gasteiger partial charge in [0.1, 0.15) is 11.9 Å². The van der Waals surface area contributed by atoms with Gasteiger partial charge in [-0.1, -0.05) is 0 Å². The van der Waals surface area contributed by atoms with Crippen LogP contribution in [0.15, 0.2) is 24.4 Å². The molecule has 26 heavy (non-hydrogen) atoms. The Labute approximate surface area is 151 Å². The molecule has 7 nitrogen and oxygen atoms in total. The van der Waals surface area contributed by atoms with Crippen molar-refractivity contribution in [1.29, 1.82) is 0 Å². The number of primary amides is 1. The number of nitrogens with two attached hydrogens (primary N) is 1. The third-order valence-electron chi connectivity index (χ3n) is 4.35. The van der Waals surface area contributed by atoms with Gasteiger partial charge in [0.25, 0.3) is 5.91 Å². The second-order valence-electron chi connectivity index (χ2n) is 6.75. The Bertz CT molecular complexity index is 850. The Hall–Kier alpha value is -2.83. The van der Waals surface area contributed by atoms with Crippen LogP contribution in [-0.2, 0) is 4.79 Å². The predicted molar refractivity (Wildman–Crippen MR) is 97.3 cm³/mol. The van der Waals surface area contributed by atoms with Gasteiger partial charge < -0.3 is 20.5 Å². The van der Waals surface area contributed by atoms with Gasteiger partial charge in [-0.2, -0.15) is 0 Å². The van der Waals surface area contributed by atoms with E-state index in [4.69, 9.17) is 15.2 Å². The van der Waals surface area contributed by atoms with Crippen LogP contribution in [0.4, 0.5) is 0 Å². The van der Waals surface area contributed by atoms with Crippen LogP contribution >= 0.6 is 0 Å². The lowest BCUT2D eigenvalue weighted by atomic mass is 10.1. The number of benzene rings is 1. The standard InChI is InChI=1S/C19H23N3O4/c1-10(2)25-16-9-13-12(8-14(16)18(20)24)6-7-21-19(13)26-11(3)15-4-5-17(23)22-15/h6-11,15H,4-5H2,1-3H3,(H2,20,24)(H,22,23)/t11?,15-/m0/s1. The van der Waals surface area contributed by atoms with Crippen molar-refractivity contribution >= 4 is 22.6 Å². The van der Waals surface area contributed by atoms with E-state index in [1.54, 1.807) is 24.4 Å². The fourth-order valence-electron chi connectivity index (χ4n) is 3.06. The minimum Gasteiger partial charge on any atom is -0.490 e. The van der Waals surface area contributed by atoms with E-state index in [-0.39, 0.29) is 24.2 Å². The summed E-state index contributed by atoms with van der Waals surface area (Å²) in [6.45, 7) is 5.65. The summed E-state index contributed by atoms with van der Waals surface area (Å²) in [5, 5.41) is 4.41. The maximum atomic E-state index is 11.8. The highest BCUT2D eigenvalue weighted by atomic mass is 16.5. The molecular weight excluding hydrogens is 334 g/mol. The van der Waals surface area contributed by atoms with Gasteiger partial charge in [-0.05, 0) is 50.8 Å². The van der Waals surface area contributed by atoms with Crippen molar-refractivity contribution in [3.63, 3.8) is 0 Å². The Kier molecular flexibility index (Phi) is 4.97. The molecule has 1 aromatic heterocycles. The van der Waals surface area contributed by atoms with Crippen molar-refractivity contribution in [2.45, 2.75) is 51.9 Å². The molecule has 0 spiro atoms. The molecule has 1 unspecified atom stereocenters. The molecular formula is C19H23N3O4. The van der Waals surface area contributed by atoms with Gasteiger partial charge >= 0.3 is 0 Å². The average Bonchev–Trinajstić information content (AvgIpc) is 3.00. The van der Waals surface area contributed by atoms with E-state index >= 15 is 0 Å². The van der Waals surface area contributed by atoms with Gasteiger partial charge in [-0.15, -0.1) is 0 Å². The number of aromatic nitrogens is 1. The molecule has 0 radical (unpaired) electrons. The minimum atomic E-state index is -0.552. The molecule has 1 fully saturated rings. The Balaban J connectivity index is 1.97. The predicted octanol–water partition coefficient (Wildman–Crippen LogP) is 2.17. The van der Waals surface area contributed by atoms with Gasteiger partial charge in [0.15, 0.2) is 0 Å². The van der Waals surface area contributed by atoms with E-state index in [0.717, 1.165) is 17.2 Å². The smallest absolute Gasteiger partial charge is 0.252 e.